The molecule has 1 amide bonds. The first-order chi connectivity index (χ1) is 13.1. The minimum Gasteiger partial charge on any atom is -0.378 e. The predicted molar refractivity (Wildman–Crippen MR) is 110 cm³/mol. The van der Waals surface area contributed by atoms with Crippen LogP contribution in [0.5, 0.6) is 0 Å². The quantitative estimate of drug-likeness (QED) is 0.781. The Morgan fingerprint density at radius 3 is 2.52 bits per heavy atom. The molecule has 0 radical (unpaired) electrons. The highest BCUT2D eigenvalue weighted by Gasteiger charge is 2.47. The fourth-order valence-electron chi connectivity index (χ4n) is 4.99. The van der Waals surface area contributed by atoms with Crippen molar-refractivity contribution in [2.75, 3.05) is 10.2 Å². The Hall–Kier alpha value is -2.29. The van der Waals surface area contributed by atoms with E-state index < -0.39 is 0 Å². The summed E-state index contributed by atoms with van der Waals surface area (Å²) in [5, 5.41) is 3.84. The van der Waals surface area contributed by atoms with Gasteiger partial charge in [-0.15, -0.1) is 0 Å². The fraction of sp³-hybridized carbons (Fsp3) is 0.458. The molecule has 2 aliphatic carbocycles. The van der Waals surface area contributed by atoms with E-state index in [4.69, 9.17) is 0 Å². The van der Waals surface area contributed by atoms with E-state index >= 15 is 0 Å². The van der Waals surface area contributed by atoms with E-state index in [0.717, 1.165) is 11.6 Å². The maximum Gasteiger partial charge on any atom is 0.224 e. The molecule has 1 heterocycles. The highest BCUT2D eigenvalue weighted by molar-refractivity contribution is 5.94. The molecule has 1 aliphatic heterocycles. The Morgan fingerprint density at radius 2 is 1.81 bits per heavy atom. The summed E-state index contributed by atoms with van der Waals surface area (Å²) in [4.78, 5) is 14.6. The van der Waals surface area contributed by atoms with E-state index in [2.05, 4.69) is 65.7 Å². The van der Waals surface area contributed by atoms with Gasteiger partial charge in [-0.1, -0.05) is 37.3 Å². The van der Waals surface area contributed by atoms with Gasteiger partial charge in [0.1, 0.15) is 0 Å². The van der Waals surface area contributed by atoms with E-state index in [9.17, 15) is 4.79 Å². The lowest BCUT2D eigenvalue weighted by molar-refractivity contribution is -0.117. The minimum atomic E-state index is 0.167. The van der Waals surface area contributed by atoms with Gasteiger partial charge in [0.15, 0.2) is 0 Å². The molecular formula is C24H28N2O. The summed E-state index contributed by atoms with van der Waals surface area (Å²) in [5.74, 6) is 1.94. The SMILES string of the molecule is CC(=O)N1c2ccccc2C(Nc2cccc(C3CC3)c2)[C@@H](C)[C@@H]1C1CC1. The van der Waals surface area contributed by atoms with Crippen LogP contribution in [0.15, 0.2) is 48.5 Å². The topological polar surface area (TPSA) is 32.3 Å². The number of hydrogen-bond acceptors (Lipinski definition) is 2. The van der Waals surface area contributed by atoms with Gasteiger partial charge in [0.25, 0.3) is 0 Å². The highest BCUT2D eigenvalue weighted by Crippen LogP contribution is 2.50. The monoisotopic (exact) mass is 360 g/mol. The van der Waals surface area contributed by atoms with Gasteiger partial charge < -0.3 is 10.2 Å². The average molecular weight is 361 g/mol. The number of amides is 1. The van der Waals surface area contributed by atoms with Crippen molar-refractivity contribution >= 4 is 17.3 Å². The zero-order valence-corrected chi connectivity index (χ0v) is 16.2. The lowest BCUT2D eigenvalue weighted by Crippen LogP contribution is -2.51. The first-order valence-electron chi connectivity index (χ1n) is 10.4. The molecule has 1 unspecified atom stereocenters. The van der Waals surface area contributed by atoms with Crippen LogP contribution in [0.2, 0.25) is 0 Å². The van der Waals surface area contributed by atoms with Crippen LogP contribution in [0.1, 0.15) is 62.6 Å². The molecule has 2 fully saturated rings. The van der Waals surface area contributed by atoms with Crippen molar-refractivity contribution in [3.63, 3.8) is 0 Å². The smallest absolute Gasteiger partial charge is 0.224 e. The third-order valence-electron chi connectivity index (χ3n) is 6.60. The lowest BCUT2D eigenvalue weighted by atomic mass is 9.80. The Morgan fingerprint density at radius 1 is 1.04 bits per heavy atom. The summed E-state index contributed by atoms with van der Waals surface area (Å²) in [6, 6.07) is 17.9. The molecular weight excluding hydrogens is 332 g/mol. The van der Waals surface area contributed by atoms with Crippen molar-refractivity contribution in [3.05, 3.63) is 59.7 Å². The van der Waals surface area contributed by atoms with Gasteiger partial charge in [-0.25, -0.2) is 0 Å². The van der Waals surface area contributed by atoms with Crippen LogP contribution in [-0.4, -0.2) is 11.9 Å². The number of carbonyl (C=O) groups excluding carboxylic acids is 1. The minimum absolute atomic E-state index is 0.167. The van der Waals surface area contributed by atoms with Crippen molar-refractivity contribution in [1.82, 2.24) is 0 Å². The number of rotatable bonds is 4. The molecule has 0 bridgehead atoms. The summed E-state index contributed by atoms with van der Waals surface area (Å²) in [6.07, 6.45) is 5.13. The molecule has 0 aromatic heterocycles. The molecule has 3 atom stereocenters. The first-order valence-corrected chi connectivity index (χ1v) is 10.4. The number of nitrogens with one attached hydrogen (secondary N) is 1. The van der Waals surface area contributed by atoms with Gasteiger partial charge in [-0.2, -0.15) is 0 Å². The zero-order valence-electron chi connectivity index (χ0n) is 16.2. The number of hydrogen-bond donors (Lipinski definition) is 1. The lowest BCUT2D eigenvalue weighted by Gasteiger charge is -2.46. The first kappa shape index (κ1) is 16.9. The number of fused-ring (bicyclic) bond motifs is 1. The fourth-order valence-corrected chi connectivity index (χ4v) is 4.99. The Bertz CT molecular complexity index is 868. The van der Waals surface area contributed by atoms with Crippen molar-refractivity contribution in [2.24, 2.45) is 11.8 Å². The second-order valence-electron chi connectivity index (χ2n) is 8.66. The number of nitrogens with zero attached hydrogens (tertiary/aromatic N) is 1. The van der Waals surface area contributed by atoms with E-state index in [1.807, 2.05) is 0 Å². The Labute approximate surface area is 161 Å². The Kier molecular flexibility index (Phi) is 3.99. The number of benzene rings is 2. The molecule has 0 spiro atoms. The van der Waals surface area contributed by atoms with Crippen molar-refractivity contribution in [3.8, 4) is 0 Å². The van der Waals surface area contributed by atoms with Crippen LogP contribution >= 0.6 is 0 Å². The summed E-state index contributed by atoms with van der Waals surface area (Å²) < 4.78 is 0. The van der Waals surface area contributed by atoms with Crippen molar-refractivity contribution < 1.29 is 4.79 Å². The summed E-state index contributed by atoms with van der Waals surface area (Å²) in [7, 11) is 0. The normalized spacial score (nSPS) is 27.2. The molecule has 3 heteroatoms. The summed E-state index contributed by atoms with van der Waals surface area (Å²) in [6.45, 7) is 4.03. The van der Waals surface area contributed by atoms with Gasteiger partial charge in [0.05, 0.1) is 6.04 Å². The van der Waals surface area contributed by atoms with Crippen LogP contribution in [-0.2, 0) is 4.79 Å². The van der Waals surface area contributed by atoms with Gasteiger partial charge >= 0.3 is 0 Å². The summed E-state index contributed by atoms with van der Waals surface area (Å²) in [5.41, 5.74) is 5.00. The summed E-state index contributed by atoms with van der Waals surface area (Å²) >= 11 is 0. The van der Waals surface area contributed by atoms with E-state index in [1.165, 1.54) is 42.5 Å². The highest BCUT2D eigenvalue weighted by atomic mass is 16.2. The van der Waals surface area contributed by atoms with Gasteiger partial charge in [-0.3, -0.25) is 4.79 Å². The molecule has 0 saturated heterocycles. The molecule has 2 aromatic carbocycles. The van der Waals surface area contributed by atoms with Crippen LogP contribution < -0.4 is 10.2 Å². The molecule has 2 aromatic rings. The molecule has 3 nitrogen and oxygen atoms in total. The third-order valence-corrected chi connectivity index (χ3v) is 6.60. The van der Waals surface area contributed by atoms with Gasteiger partial charge in [0.2, 0.25) is 5.91 Å². The predicted octanol–water partition coefficient (Wildman–Crippen LogP) is 5.50. The van der Waals surface area contributed by atoms with Crippen LogP contribution in [0.3, 0.4) is 0 Å². The molecule has 3 aliphatic rings. The number of para-hydroxylation sites is 1. The number of carbonyl (C=O) groups is 1. The van der Waals surface area contributed by atoms with E-state index in [0.29, 0.717) is 17.9 Å². The average Bonchev–Trinajstić information content (AvgIpc) is 3.56. The van der Waals surface area contributed by atoms with E-state index in [1.54, 1.807) is 6.92 Å². The zero-order chi connectivity index (χ0) is 18.5. The van der Waals surface area contributed by atoms with Crippen LogP contribution in [0.4, 0.5) is 11.4 Å². The maximum atomic E-state index is 12.5. The Balaban J connectivity index is 1.53. The molecule has 140 valence electrons. The number of anilines is 2. The molecule has 5 rings (SSSR count). The molecule has 27 heavy (non-hydrogen) atoms. The van der Waals surface area contributed by atoms with Crippen molar-refractivity contribution in [1.29, 1.82) is 0 Å². The molecule has 2 saturated carbocycles. The van der Waals surface area contributed by atoms with Gasteiger partial charge in [0, 0.05) is 30.3 Å². The van der Waals surface area contributed by atoms with E-state index in [-0.39, 0.29) is 11.9 Å². The van der Waals surface area contributed by atoms with Crippen LogP contribution in [0, 0.1) is 11.8 Å². The molecule has 1 N–H and O–H groups in total. The largest absolute Gasteiger partial charge is 0.378 e. The van der Waals surface area contributed by atoms with Crippen LogP contribution in [0.25, 0.3) is 0 Å². The standard InChI is InChI=1S/C24H28N2O/c1-15-23(25-20-7-5-6-19(14-20)17-10-11-17)21-8-3-4-9-22(21)26(16(2)27)24(15)18-12-13-18/h3-9,14-15,17-18,23-25H,10-13H2,1-2H3/t15-,23?,24-/m1/s1. The van der Waals surface area contributed by atoms with Crippen molar-refractivity contribution in [2.45, 2.75) is 57.5 Å². The second-order valence-corrected chi connectivity index (χ2v) is 8.66. The maximum absolute atomic E-state index is 12.5. The third kappa shape index (κ3) is 3.03. The van der Waals surface area contributed by atoms with Gasteiger partial charge in [-0.05, 0) is 66.8 Å². The second kappa shape index (κ2) is 6.40.